The molecule has 0 fully saturated rings. The van der Waals surface area contributed by atoms with Gasteiger partial charge in [-0.15, -0.1) is 0 Å². The number of benzene rings is 7. The molecule has 2 nitrogen and oxygen atoms in total. The number of hydrogen-bond acceptors (Lipinski definition) is 1. The lowest BCUT2D eigenvalue weighted by molar-refractivity contribution is 0.673. The minimum atomic E-state index is -0.417. The Balaban J connectivity index is 1.40. The zero-order valence-electron chi connectivity index (χ0n) is 25.1. The maximum absolute atomic E-state index is 8.77. The Hall–Kier alpha value is -5.08. The first-order valence-electron chi connectivity index (χ1n) is 15.1. The SMILES string of the molecule is [2H]c1c([2H])c([2H])c(-n2c3ccc(-c4ccc5ccc6cccc7ccc4c5c67)cc3c3oc4ccccc4c32)c([2H])c1[2H]. The van der Waals surface area contributed by atoms with Crippen molar-refractivity contribution in [3.63, 3.8) is 0 Å². The number of hydrogen-bond donors (Lipinski definition) is 0. The topological polar surface area (TPSA) is 18.1 Å². The Morgan fingerprint density at radius 1 is 0.605 bits per heavy atom. The lowest BCUT2D eigenvalue weighted by Crippen LogP contribution is -1.93. The second-order valence-electron chi connectivity index (χ2n) is 9.79. The van der Waals surface area contributed by atoms with Gasteiger partial charge in [0.15, 0.2) is 5.58 Å². The van der Waals surface area contributed by atoms with Crippen molar-refractivity contribution in [1.82, 2.24) is 4.57 Å². The van der Waals surface area contributed by atoms with Gasteiger partial charge in [-0.1, -0.05) is 90.9 Å². The van der Waals surface area contributed by atoms with Crippen LogP contribution >= 0.6 is 0 Å². The molecular weight excluding hydrogens is 462 g/mol. The van der Waals surface area contributed by atoms with Gasteiger partial charge in [-0.25, -0.2) is 0 Å². The Morgan fingerprint density at radius 2 is 1.37 bits per heavy atom. The van der Waals surface area contributed by atoms with E-state index in [1.54, 1.807) is 4.57 Å². The summed E-state index contributed by atoms with van der Waals surface area (Å²) in [6.07, 6.45) is 0. The standard InChI is InChI=1S/C36H21NO/c1-2-9-26(10-3-1)37-31-20-17-25(21-30(31)36-35(37)29-11-4-5-12-32(29)38-36)27-18-15-24-14-13-22-7-6-8-23-16-19-28(27)34(24)33(22)23/h1-21H/i1D,2D,3D,9D,10D. The van der Waals surface area contributed by atoms with Crippen molar-refractivity contribution < 1.29 is 11.3 Å². The fraction of sp³-hybridized carbons (Fsp3) is 0. The lowest BCUT2D eigenvalue weighted by Gasteiger charge is -2.14. The predicted molar refractivity (Wildman–Crippen MR) is 160 cm³/mol. The Bertz CT molecular complexity index is 2590. The number of fused-ring (bicyclic) bond motifs is 5. The first kappa shape index (κ1) is 15.9. The van der Waals surface area contributed by atoms with E-state index in [-0.39, 0.29) is 29.9 Å². The molecule has 7 aromatic carbocycles. The molecule has 9 aromatic rings. The van der Waals surface area contributed by atoms with Crippen molar-refractivity contribution >= 4 is 65.3 Å². The zero-order valence-corrected chi connectivity index (χ0v) is 20.1. The normalized spacial score (nSPS) is 14.1. The quantitative estimate of drug-likeness (QED) is 0.221. The highest BCUT2D eigenvalue weighted by molar-refractivity contribution is 6.26. The summed E-state index contributed by atoms with van der Waals surface area (Å²) in [5.41, 5.74) is 4.87. The van der Waals surface area contributed by atoms with Crippen LogP contribution in [0.3, 0.4) is 0 Å². The largest absolute Gasteiger partial charge is 0.454 e. The average Bonchev–Trinajstić information content (AvgIpc) is 3.56. The highest BCUT2D eigenvalue weighted by Crippen LogP contribution is 2.43. The fourth-order valence-corrected chi connectivity index (χ4v) is 6.21. The van der Waals surface area contributed by atoms with E-state index in [0.29, 0.717) is 22.2 Å². The summed E-state index contributed by atoms with van der Waals surface area (Å²) in [5.74, 6) is 0. The third-order valence-corrected chi connectivity index (χ3v) is 7.83. The van der Waals surface area contributed by atoms with Gasteiger partial charge in [0.05, 0.1) is 12.4 Å². The van der Waals surface area contributed by atoms with Gasteiger partial charge >= 0.3 is 0 Å². The monoisotopic (exact) mass is 488 g/mol. The van der Waals surface area contributed by atoms with Crippen LogP contribution < -0.4 is 0 Å². The first-order chi connectivity index (χ1) is 20.9. The molecule has 0 atom stereocenters. The van der Waals surface area contributed by atoms with Crippen LogP contribution in [0.25, 0.3) is 82.1 Å². The fourth-order valence-electron chi connectivity index (χ4n) is 6.21. The maximum atomic E-state index is 8.77. The molecule has 2 heterocycles. The van der Waals surface area contributed by atoms with E-state index in [4.69, 9.17) is 11.3 Å². The Labute approximate surface area is 225 Å². The van der Waals surface area contributed by atoms with Crippen molar-refractivity contribution in [3.05, 3.63) is 127 Å². The van der Waals surface area contributed by atoms with Crippen LogP contribution in [0.15, 0.2) is 132 Å². The minimum Gasteiger partial charge on any atom is -0.454 e. The van der Waals surface area contributed by atoms with E-state index in [1.807, 2.05) is 36.4 Å². The van der Waals surface area contributed by atoms with Crippen LogP contribution in [-0.4, -0.2) is 4.57 Å². The molecule has 0 amide bonds. The molecule has 0 aliphatic heterocycles. The summed E-state index contributed by atoms with van der Waals surface area (Å²) in [7, 11) is 0. The van der Waals surface area contributed by atoms with E-state index in [2.05, 4.69) is 60.7 Å². The van der Waals surface area contributed by atoms with Gasteiger partial charge < -0.3 is 8.98 Å². The molecule has 0 spiro atoms. The molecule has 0 aliphatic rings. The first-order valence-corrected chi connectivity index (χ1v) is 12.6. The zero-order chi connectivity index (χ0) is 29.1. The van der Waals surface area contributed by atoms with Crippen LogP contribution in [0, 0.1) is 0 Å². The second-order valence-corrected chi connectivity index (χ2v) is 9.79. The summed E-state index contributed by atoms with van der Waals surface area (Å²) in [5, 5.41) is 8.88. The molecule has 2 heteroatoms. The third-order valence-electron chi connectivity index (χ3n) is 7.83. The smallest absolute Gasteiger partial charge is 0.161 e. The summed E-state index contributed by atoms with van der Waals surface area (Å²) >= 11 is 0. The molecule has 9 rings (SSSR count). The van der Waals surface area contributed by atoms with Crippen molar-refractivity contribution in [2.75, 3.05) is 0 Å². The van der Waals surface area contributed by atoms with Crippen LogP contribution in [0.5, 0.6) is 0 Å². The molecule has 176 valence electrons. The van der Waals surface area contributed by atoms with Crippen molar-refractivity contribution in [1.29, 1.82) is 0 Å². The van der Waals surface area contributed by atoms with Crippen molar-refractivity contribution in [2.45, 2.75) is 0 Å². The molecule has 0 saturated heterocycles. The van der Waals surface area contributed by atoms with E-state index in [9.17, 15) is 0 Å². The van der Waals surface area contributed by atoms with Crippen LogP contribution in [0.2, 0.25) is 0 Å². The minimum absolute atomic E-state index is 0.105. The summed E-state index contributed by atoms with van der Waals surface area (Å²) in [6, 6.07) is 31.5. The predicted octanol–water partition coefficient (Wildman–Crippen LogP) is 10.1. The van der Waals surface area contributed by atoms with Gasteiger partial charge in [-0.2, -0.15) is 0 Å². The Morgan fingerprint density at radius 3 is 2.24 bits per heavy atom. The van der Waals surface area contributed by atoms with E-state index < -0.39 is 6.04 Å². The van der Waals surface area contributed by atoms with Crippen molar-refractivity contribution in [2.24, 2.45) is 0 Å². The third kappa shape index (κ3) is 2.56. The van der Waals surface area contributed by atoms with Gasteiger partial charge in [0.2, 0.25) is 0 Å². The van der Waals surface area contributed by atoms with Gasteiger partial charge in [-0.05, 0) is 79.8 Å². The average molecular weight is 489 g/mol. The number of furan rings is 1. The molecular formula is C36H21NO. The number of aromatic nitrogens is 1. The molecule has 2 aromatic heterocycles. The molecule has 0 N–H and O–H groups in total. The summed E-state index contributed by atoms with van der Waals surface area (Å²) < 4.78 is 50.6. The summed E-state index contributed by atoms with van der Waals surface area (Å²) in [6.45, 7) is 0. The van der Waals surface area contributed by atoms with Crippen LogP contribution in [-0.2, 0) is 0 Å². The van der Waals surface area contributed by atoms with Crippen LogP contribution in [0.1, 0.15) is 6.85 Å². The summed E-state index contributed by atoms with van der Waals surface area (Å²) in [4.78, 5) is 0. The van der Waals surface area contributed by atoms with Gasteiger partial charge in [0, 0.05) is 16.5 Å². The number of para-hydroxylation sites is 2. The Kier molecular flexibility index (Phi) is 3.03. The maximum Gasteiger partial charge on any atom is 0.161 e. The van der Waals surface area contributed by atoms with E-state index >= 15 is 0 Å². The lowest BCUT2D eigenvalue weighted by atomic mass is 9.89. The highest BCUT2D eigenvalue weighted by Gasteiger charge is 2.20. The molecule has 0 saturated carbocycles. The van der Waals surface area contributed by atoms with E-state index in [0.717, 1.165) is 27.3 Å². The van der Waals surface area contributed by atoms with Gasteiger partial charge in [0.25, 0.3) is 0 Å². The molecule has 0 aliphatic carbocycles. The highest BCUT2D eigenvalue weighted by atomic mass is 16.3. The van der Waals surface area contributed by atoms with Crippen molar-refractivity contribution in [3.8, 4) is 16.8 Å². The molecule has 38 heavy (non-hydrogen) atoms. The molecule has 0 unspecified atom stereocenters. The molecule has 0 radical (unpaired) electrons. The second kappa shape index (κ2) is 7.24. The molecule has 0 bridgehead atoms. The van der Waals surface area contributed by atoms with Crippen LogP contribution in [0.4, 0.5) is 0 Å². The van der Waals surface area contributed by atoms with Gasteiger partial charge in [-0.3, -0.25) is 0 Å². The van der Waals surface area contributed by atoms with Gasteiger partial charge in [0.1, 0.15) is 11.1 Å². The van der Waals surface area contributed by atoms with E-state index in [1.165, 1.54) is 26.9 Å². The number of rotatable bonds is 2. The number of nitrogens with zero attached hydrogens (tertiary/aromatic N) is 1.